The number of rotatable bonds is 5. The van der Waals surface area contributed by atoms with Crippen LogP contribution < -0.4 is 10.1 Å². The van der Waals surface area contributed by atoms with E-state index < -0.39 is 0 Å². The molecule has 1 amide bonds. The molecule has 0 saturated heterocycles. The molecule has 2 aromatic heterocycles. The summed E-state index contributed by atoms with van der Waals surface area (Å²) in [5, 5.41) is 7.33. The summed E-state index contributed by atoms with van der Waals surface area (Å²) in [7, 11) is 0. The van der Waals surface area contributed by atoms with Gasteiger partial charge in [0.1, 0.15) is 5.75 Å². The van der Waals surface area contributed by atoms with Crippen LogP contribution in [0.2, 0.25) is 0 Å². The number of hydrogen-bond acceptors (Lipinski definition) is 5. The van der Waals surface area contributed by atoms with Gasteiger partial charge in [0.15, 0.2) is 11.7 Å². The van der Waals surface area contributed by atoms with Crippen LogP contribution in [0.3, 0.4) is 0 Å². The Hall–Kier alpha value is -2.18. The molecule has 0 aliphatic rings. The number of aromatic nitrogens is 1. The van der Waals surface area contributed by atoms with E-state index in [1.54, 1.807) is 11.3 Å². The van der Waals surface area contributed by atoms with Gasteiger partial charge in [0.25, 0.3) is 5.91 Å². The minimum absolute atomic E-state index is 0.0301. The number of thiophene rings is 1. The number of carbonyl (C=O) groups excluding carboxylic acids is 1. The predicted molar refractivity (Wildman–Crippen MR) is 100 cm³/mol. The third-order valence-electron chi connectivity index (χ3n) is 3.65. The third kappa shape index (κ3) is 3.83. The largest absolute Gasteiger partial charge is 0.483 e. The Bertz CT molecular complexity index is 854. The summed E-state index contributed by atoms with van der Waals surface area (Å²) in [6.07, 6.45) is 0. The van der Waals surface area contributed by atoms with Crippen LogP contribution in [0.5, 0.6) is 5.75 Å². The van der Waals surface area contributed by atoms with Gasteiger partial charge in [-0.1, -0.05) is 12.1 Å². The van der Waals surface area contributed by atoms with Crippen molar-refractivity contribution in [1.82, 2.24) is 4.98 Å². The van der Waals surface area contributed by atoms with Gasteiger partial charge in [0, 0.05) is 5.38 Å². The lowest BCUT2D eigenvalue weighted by Gasteiger charge is -2.11. The van der Waals surface area contributed by atoms with Crippen molar-refractivity contribution in [3.05, 3.63) is 51.7 Å². The normalized spacial score (nSPS) is 10.6. The average molecular weight is 358 g/mol. The first-order valence-electron chi connectivity index (χ1n) is 7.53. The molecule has 4 nitrogen and oxygen atoms in total. The van der Waals surface area contributed by atoms with Gasteiger partial charge in [-0.15, -0.1) is 22.7 Å². The molecule has 1 N–H and O–H groups in total. The average Bonchev–Trinajstić information content (AvgIpc) is 3.20. The van der Waals surface area contributed by atoms with Gasteiger partial charge in [0.2, 0.25) is 0 Å². The van der Waals surface area contributed by atoms with Gasteiger partial charge >= 0.3 is 0 Å². The molecule has 1 aromatic carbocycles. The second kappa shape index (κ2) is 7.15. The first kappa shape index (κ1) is 16.7. The van der Waals surface area contributed by atoms with Gasteiger partial charge in [-0.25, -0.2) is 4.98 Å². The number of aryl methyl sites for hydroxylation is 2. The van der Waals surface area contributed by atoms with Crippen molar-refractivity contribution in [3.8, 4) is 16.3 Å². The van der Waals surface area contributed by atoms with Crippen LogP contribution in [0, 0.1) is 20.8 Å². The maximum Gasteiger partial charge on any atom is 0.264 e. The van der Waals surface area contributed by atoms with Crippen LogP contribution in [-0.2, 0) is 4.79 Å². The number of ether oxygens (including phenoxy) is 1. The van der Waals surface area contributed by atoms with Crippen LogP contribution in [-0.4, -0.2) is 17.5 Å². The number of anilines is 1. The van der Waals surface area contributed by atoms with Gasteiger partial charge in [-0.2, -0.15) is 0 Å². The fraction of sp³-hybridized carbons (Fsp3) is 0.222. The number of hydrogen-bond donors (Lipinski definition) is 1. The van der Waals surface area contributed by atoms with E-state index in [1.807, 2.05) is 49.7 Å². The molecule has 6 heteroatoms. The molecular weight excluding hydrogens is 340 g/mol. The summed E-state index contributed by atoms with van der Waals surface area (Å²) in [6, 6.07) is 8.05. The monoisotopic (exact) mass is 358 g/mol. The highest BCUT2D eigenvalue weighted by molar-refractivity contribution is 7.16. The van der Waals surface area contributed by atoms with Crippen molar-refractivity contribution < 1.29 is 9.53 Å². The van der Waals surface area contributed by atoms with Gasteiger partial charge in [0.05, 0.1) is 10.6 Å². The second-order valence-corrected chi connectivity index (χ2v) is 7.36. The van der Waals surface area contributed by atoms with Crippen molar-refractivity contribution in [2.75, 3.05) is 11.9 Å². The van der Waals surface area contributed by atoms with Crippen LogP contribution in [0.1, 0.15) is 16.7 Å². The van der Waals surface area contributed by atoms with Crippen molar-refractivity contribution in [2.45, 2.75) is 20.8 Å². The number of nitrogens with zero attached hydrogens (tertiary/aromatic N) is 1. The summed E-state index contributed by atoms with van der Waals surface area (Å²) in [5.41, 5.74) is 4.22. The Labute approximate surface area is 149 Å². The van der Waals surface area contributed by atoms with Crippen molar-refractivity contribution >= 4 is 33.7 Å². The SMILES string of the molecule is Cc1cc(C)c(C)c(OCC(=O)Nc2nc(-c3cccs3)cs2)c1. The molecule has 3 aromatic rings. The van der Waals surface area contributed by atoms with E-state index in [1.165, 1.54) is 11.3 Å². The lowest BCUT2D eigenvalue weighted by atomic mass is 10.1. The molecule has 24 heavy (non-hydrogen) atoms. The van der Waals surface area contributed by atoms with Gasteiger partial charge in [-0.05, 0) is 55.0 Å². The molecule has 0 atom stereocenters. The summed E-state index contributed by atoms with van der Waals surface area (Å²) < 4.78 is 5.68. The minimum atomic E-state index is -0.208. The molecular formula is C18H18N2O2S2. The topological polar surface area (TPSA) is 51.2 Å². The summed E-state index contributed by atoms with van der Waals surface area (Å²) in [4.78, 5) is 17.6. The van der Waals surface area contributed by atoms with Crippen LogP contribution in [0.25, 0.3) is 10.6 Å². The molecule has 0 aliphatic heterocycles. The van der Waals surface area contributed by atoms with Crippen LogP contribution in [0.4, 0.5) is 5.13 Å². The zero-order valence-corrected chi connectivity index (χ0v) is 15.4. The van der Waals surface area contributed by atoms with Gasteiger partial charge in [-0.3, -0.25) is 10.1 Å². The molecule has 124 valence electrons. The second-order valence-electron chi connectivity index (χ2n) is 5.56. The molecule has 0 aliphatic carbocycles. The van der Waals surface area contributed by atoms with Crippen LogP contribution in [0.15, 0.2) is 35.0 Å². The zero-order chi connectivity index (χ0) is 17.1. The Morgan fingerprint density at radius 3 is 2.83 bits per heavy atom. The molecule has 0 radical (unpaired) electrons. The minimum Gasteiger partial charge on any atom is -0.483 e. The highest BCUT2D eigenvalue weighted by Crippen LogP contribution is 2.28. The Morgan fingerprint density at radius 2 is 2.08 bits per heavy atom. The zero-order valence-electron chi connectivity index (χ0n) is 13.8. The maximum absolute atomic E-state index is 12.1. The van der Waals surface area contributed by atoms with E-state index in [9.17, 15) is 4.79 Å². The highest BCUT2D eigenvalue weighted by atomic mass is 32.1. The third-order valence-corrected chi connectivity index (χ3v) is 5.30. The summed E-state index contributed by atoms with van der Waals surface area (Å²) in [6.45, 7) is 6.02. The Kier molecular flexibility index (Phi) is 4.97. The lowest BCUT2D eigenvalue weighted by Crippen LogP contribution is -2.20. The van der Waals surface area contributed by atoms with E-state index in [0.29, 0.717) is 5.13 Å². The molecule has 3 rings (SSSR count). The predicted octanol–water partition coefficient (Wildman–Crippen LogP) is 4.81. The van der Waals surface area contributed by atoms with E-state index in [2.05, 4.69) is 16.4 Å². The van der Waals surface area contributed by atoms with E-state index in [-0.39, 0.29) is 12.5 Å². The van der Waals surface area contributed by atoms with Crippen molar-refractivity contribution in [3.63, 3.8) is 0 Å². The van der Waals surface area contributed by atoms with E-state index in [4.69, 9.17) is 4.74 Å². The first-order valence-corrected chi connectivity index (χ1v) is 9.29. The van der Waals surface area contributed by atoms with E-state index in [0.717, 1.165) is 33.0 Å². The summed E-state index contributed by atoms with van der Waals surface area (Å²) >= 11 is 3.04. The molecule has 0 saturated carbocycles. The van der Waals surface area contributed by atoms with Crippen molar-refractivity contribution in [2.24, 2.45) is 0 Å². The summed E-state index contributed by atoms with van der Waals surface area (Å²) in [5.74, 6) is 0.543. The number of benzene rings is 1. The first-order chi connectivity index (χ1) is 11.5. The number of thiazole rings is 1. The number of carbonyl (C=O) groups is 1. The Morgan fingerprint density at radius 1 is 1.25 bits per heavy atom. The number of amides is 1. The molecule has 2 heterocycles. The van der Waals surface area contributed by atoms with E-state index >= 15 is 0 Å². The molecule has 0 bridgehead atoms. The maximum atomic E-state index is 12.1. The molecule has 0 fully saturated rings. The van der Waals surface area contributed by atoms with Gasteiger partial charge < -0.3 is 4.74 Å². The fourth-order valence-corrected chi connectivity index (χ4v) is 3.81. The number of nitrogens with one attached hydrogen (secondary N) is 1. The lowest BCUT2D eigenvalue weighted by molar-refractivity contribution is -0.118. The smallest absolute Gasteiger partial charge is 0.264 e. The van der Waals surface area contributed by atoms with Crippen molar-refractivity contribution in [1.29, 1.82) is 0 Å². The Balaban J connectivity index is 1.60. The highest BCUT2D eigenvalue weighted by Gasteiger charge is 2.11. The molecule has 0 unspecified atom stereocenters. The fourth-order valence-electron chi connectivity index (χ4n) is 2.32. The van der Waals surface area contributed by atoms with Crippen LogP contribution >= 0.6 is 22.7 Å². The standard InChI is InChI=1S/C18H18N2O2S2/c1-11-7-12(2)13(3)15(8-11)22-9-17(21)20-18-19-14(10-24-18)16-5-4-6-23-16/h4-8,10H,9H2,1-3H3,(H,19,20,21). The molecule has 0 spiro atoms. The quantitative estimate of drug-likeness (QED) is 0.712.